The number of hydrogen-bond acceptors (Lipinski definition) is 2. The molecule has 1 aromatic rings. The SMILES string of the molecule is CCCCCC(CC)C(CCC)C(=O)O.c1c[nH]cn1. The van der Waals surface area contributed by atoms with Gasteiger partial charge in [0.15, 0.2) is 0 Å². The molecule has 0 aliphatic heterocycles. The van der Waals surface area contributed by atoms with Crippen molar-refractivity contribution in [2.24, 2.45) is 11.8 Å². The molecule has 2 atom stereocenters. The number of aromatic nitrogens is 2. The van der Waals surface area contributed by atoms with Crippen LogP contribution >= 0.6 is 0 Å². The average molecular weight is 282 g/mol. The summed E-state index contributed by atoms with van der Waals surface area (Å²) in [4.78, 5) is 17.5. The molecule has 116 valence electrons. The predicted octanol–water partition coefficient (Wildman–Crippen LogP) is 4.50. The predicted molar refractivity (Wildman–Crippen MR) is 82.5 cm³/mol. The molecule has 0 saturated heterocycles. The number of hydrogen-bond donors (Lipinski definition) is 2. The number of carboxylic acid groups (broad SMARTS) is 1. The monoisotopic (exact) mass is 282 g/mol. The maximum absolute atomic E-state index is 11.1. The van der Waals surface area contributed by atoms with Gasteiger partial charge in [-0.05, 0) is 18.8 Å². The zero-order valence-electron chi connectivity index (χ0n) is 13.1. The highest BCUT2D eigenvalue weighted by molar-refractivity contribution is 5.70. The zero-order chi connectivity index (χ0) is 15.2. The van der Waals surface area contributed by atoms with E-state index in [1.54, 1.807) is 18.7 Å². The molecular weight excluding hydrogens is 252 g/mol. The van der Waals surface area contributed by atoms with Gasteiger partial charge in [-0.1, -0.05) is 52.9 Å². The van der Waals surface area contributed by atoms with E-state index in [4.69, 9.17) is 5.11 Å². The molecule has 20 heavy (non-hydrogen) atoms. The summed E-state index contributed by atoms with van der Waals surface area (Å²) < 4.78 is 0. The molecule has 0 radical (unpaired) electrons. The molecule has 4 heteroatoms. The number of rotatable bonds is 9. The van der Waals surface area contributed by atoms with Gasteiger partial charge in [-0.2, -0.15) is 0 Å². The Labute approximate surface area is 123 Å². The zero-order valence-corrected chi connectivity index (χ0v) is 13.1. The van der Waals surface area contributed by atoms with Gasteiger partial charge in [0.25, 0.3) is 0 Å². The summed E-state index contributed by atoms with van der Waals surface area (Å²) in [7, 11) is 0. The molecule has 0 fully saturated rings. The standard InChI is InChI=1S/C13H26O2.C3H4N2/c1-4-7-8-10-11(6-3)12(9-5-2)13(14)15;1-2-5-3-4-1/h11-12H,4-10H2,1-3H3,(H,14,15);1-3H,(H,4,5). The first-order chi connectivity index (χ1) is 9.67. The Morgan fingerprint density at radius 3 is 2.30 bits per heavy atom. The Hall–Kier alpha value is -1.32. The number of nitrogens with one attached hydrogen (secondary N) is 1. The number of H-pyrrole nitrogens is 1. The quantitative estimate of drug-likeness (QED) is 0.655. The molecule has 0 aliphatic rings. The van der Waals surface area contributed by atoms with Gasteiger partial charge in [0.1, 0.15) is 0 Å². The highest BCUT2D eigenvalue weighted by Crippen LogP contribution is 2.26. The van der Waals surface area contributed by atoms with E-state index >= 15 is 0 Å². The lowest BCUT2D eigenvalue weighted by molar-refractivity contribution is -0.144. The molecule has 0 aliphatic carbocycles. The topological polar surface area (TPSA) is 66.0 Å². The molecule has 0 aromatic carbocycles. The molecule has 0 saturated carbocycles. The van der Waals surface area contributed by atoms with Crippen molar-refractivity contribution in [3.8, 4) is 0 Å². The second-order valence-electron chi connectivity index (χ2n) is 5.16. The van der Waals surface area contributed by atoms with E-state index in [2.05, 4.69) is 30.7 Å². The van der Waals surface area contributed by atoms with E-state index in [9.17, 15) is 4.79 Å². The van der Waals surface area contributed by atoms with E-state index in [1.807, 2.05) is 0 Å². The molecule has 0 amide bonds. The van der Waals surface area contributed by atoms with E-state index in [0.717, 1.165) is 25.7 Å². The third-order valence-electron chi connectivity index (χ3n) is 3.59. The second-order valence-corrected chi connectivity index (χ2v) is 5.16. The summed E-state index contributed by atoms with van der Waals surface area (Å²) in [5.41, 5.74) is 0. The molecule has 4 nitrogen and oxygen atoms in total. The Bertz CT molecular complexity index is 295. The molecule has 2 N–H and O–H groups in total. The minimum atomic E-state index is -0.597. The fraction of sp³-hybridized carbons (Fsp3) is 0.750. The van der Waals surface area contributed by atoms with Gasteiger partial charge < -0.3 is 10.1 Å². The smallest absolute Gasteiger partial charge is 0.306 e. The third-order valence-corrected chi connectivity index (χ3v) is 3.59. The second kappa shape index (κ2) is 12.7. The lowest BCUT2D eigenvalue weighted by Gasteiger charge is -2.22. The van der Waals surface area contributed by atoms with Crippen LogP contribution in [-0.4, -0.2) is 21.0 Å². The van der Waals surface area contributed by atoms with Crippen molar-refractivity contribution < 1.29 is 9.90 Å². The first-order valence-corrected chi connectivity index (χ1v) is 7.82. The van der Waals surface area contributed by atoms with Crippen molar-refractivity contribution in [3.63, 3.8) is 0 Å². The van der Waals surface area contributed by atoms with Crippen LogP contribution in [0, 0.1) is 11.8 Å². The summed E-state index contributed by atoms with van der Waals surface area (Å²) >= 11 is 0. The van der Waals surface area contributed by atoms with Crippen molar-refractivity contribution in [2.75, 3.05) is 0 Å². The maximum Gasteiger partial charge on any atom is 0.306 e. The van der Waals surface area contributed by atoms with E-state index in [1.165, 1.54) is 19.3 Å². The fourth-order valence-electron chi connectivity index (χ4n) is 2.43. The van der Waals surface area contributed by atoms with Crippen LogP contribution in [-0.2, 0) is 4.79 Å². The van der Waals surface area contributed by atoms with E-state index in [-0.39, 0.29) is 5.92 Å². The van der Waals surface area contributed by atoms with Crippen LogP contribution in [0.2, 0.25) is 0 Å². The highest BCUT2D eigenvalue weighted by atomic mass is 16.4. The van der Waals surface area contributed by atoms with Gasteiger partial charge in [0.2, 0.25) is 0 Å². The molecular formula is C16H30N2O2. The first kappa shape index (κ1) is 18.7. The average Bonchev–Trinajstić information content (AvgIpc) is 3.01. The van der Waals surface area contributed by atoms with Gasteiger partial charge >= 0.3 is 5.97 Å². The van der Waals surface area contributed by atoms with Crippen LogP contribution in [0.25, 0.3) is 0 Å². The number of carboxylic acids is 1. The van der Waals surface area contributed by atoms with E-state index in [0.29, 0.717) is 5.92 Å². The molecule has 1 rings (SSSR count). The fourth-order valence-corrected chi connectivity index (χ4v) is 2.43. The van der Waals surface area contributed by atoms with Crippen LogP contribution in [0.1, 0.15) is 65.7 Å². The van der Waals surface area contributed by atoms with Gasteiger partial charge in [-0.3, -0.25) is 4.79 Å². The Morgan fingerprint density at radius 1 is 1.20 bits per heavy atom. The van der Waals surface area contributed by atoms with Crippen molar-refractivity contribution in [2.45, 2.75) is 65.7 Å². The van der Waals surface area contributed by atoms with Crippen molar-refractivity contribution >= 4 is 5.97 Å². The minimum Gasteiger partial charge on any atom is -0.481 e. The van der Waals surface area contributed by atoms with Crippen LogP contribution in [0.4, 0.5) is 0 Å². The Morgan fingerprint density at radius 2 is 1.95 bits per heavy atom. The van der Waals surface area contributed by atoms with Gasteiger partial charge in [0.05, 0.1) is 12.2 Å². The minimum absolute atomic E-state index is 0.114. The van der Waals surface area contributed by atoms with Gasteiger partial charge in [0, 0.05) is 12.4 Å². The number of imidazole rings is 1. The number of nitrogens with zero attached hydrogens (tertiary/aromatic N) is 1. The highest BCUT2D eigenvalue weighted by Gasteiger charge is 2.25. The van der Waals surface area contributed by atoms with Gasteiger partial charge in [-0.15, -0.1) is 0 Å². The van der Waals surface area contributed by atoms with Crippen molar-refractivity contribution in [1.82, 2.24) is 9.97 Å². The molecule has 2 unspecified atom stereocenters. The van der Waals surface area contributed by atoms with Crippen molar-refractivity contribution in [1.29, 1.82) is 0 Å². The van der Waals surface area contributed by atoms with Gasteiger partial charge in [-0.25, -0.2) is 4.98 Å². The number of aromatic amines is 1. The van der Waals surface area contributed by atoms with Crippen molar-refractivity contribution in [3.05, 3.63) is 18.7 Å². The molecule has 0 bridgehead atoms. The number of unbranched alkanes of at least 4 members (excludes halogenated alkanes) is 2. The lowest BCUT2D eigenvalue weighted by Crippen LogP contribution is -2.23. The summed E-state index contributed by atoms with van der Waals surface area (Å²) in [6, 6.07) is 0. The largest absolute Gasteiger partial charge is 0.481 e. The molecule has 1 heterocycles. The summed E-state index contributed by atoms with van der Waals surface area (Å²) in [5, 5.41) is 9.16. The lowest BCUT2D eigenvalue weighted by atomic mass is 9.83. The summed E-state index contributed by atoms with van der Waals surface area (Å²) in [6.07, 6.45) is 12.6. The summed E-state index contributed by atoms with van der Waals surface area (Å²) in [6.45, 7) is 6.36. The Balaban J connectivity index is 0.000000595. The normalized spacial score (nSPS) is 13.2. The molecule has 0 spiro atoms. The van der Waals surface area contributed by atoms with E-state index < -0.39 is 5.97 Å². The van der Waals surface area contributed by atoms with Crippen LogP contribution in [0.3, 0.4) is 0 Å². The number of aliphatic carboxylic acids is 1. The number of carbonyl (C=O) groups is 1. The Kier molecular flexibility index (Phi) is 11.9. The molecule has 1 aromatic heterocycles. The van der Waals surface area contributed by atoms with Crippen LogP contribution in [0.15, 0.2) is 18.7 Å². The maximum atomic E-state index is 11.1. The summed E-state index contributed by atoms with van der Waals surface area (Å²) in [5.74, 6) is -0.328. The van der Waals surface area contributed by atoms with Crippen LogP contribution < -0.4 is 0 Å². The third kappa shape index (κ3) is 8.73. The van der Waals surface area contributed by atoms with Crippen LogP contribution in [0.5, 0.6) is 0 Å². The first-order valence-electron chi connectivity index (χ1n) is 7.82.